The molecule has 0 bridgehead atoms. The van der Waals surface area contributed by atoms with E-state index in [1.54, 1.807) is 26.2 Å². The lowest BCUT2D eigenvalue weighted by atomic mass is 10.0. The number of sulfonamides is 1. The van der Waals surface area contributed by atoms with E-state index in [0.717, 1.165) is 22.0 Å². The molecule has 0 aromatic heterocycles. The van der Waals surface area contributed by atoms with E-state index in [-0.39, 0.29) is 16.8 Å². The van der Waals surface area contributed by atoms with Crippen molar-refractivity contribution in [3.8, 4) is 5.75 Å². The summed E-state index contributed by atoms with van der Waals surface area (Å²) in [6, 6.07) is 13.5. The van der Waals surface area contributed by atoms with Crippen molar-refractivity contribution >= 4 is 21.6 Å². The van der Waals surface area contributed by atoms with Crippen LogP contribution in [-0.2, 0) is 14.8 Å². The first-order chi connectivity index (χ1) is 13.7. The van der Waals surface area contributed by atoms with Crippen LogP contribution < -0.4 is 15.4 Å². The van der Waals surface area contributed by atoms with Crippen LogP contribution in [0.2, 0.25) is 0 Å². The molecule has 0 heterocycles. The Morgan fingerprint density at radius 2 is 1.79 bits per heavy atom. The van der Waals surface area contributed by atoms with E-state index < -0.39 is 16.1 Å². The fourth-order valence-electron chi connectivity index (χ4n) is 2.86. The molecular formula is C21H29N3O4S. The van der Waals surface area contributed by atoms with Gasteiger partial charge in [-0.2, -0.15) is 0 Å². The predicted octanol–water partition coefficient (Wildman–Crippen LogP) is 3.01. The molecule has 0 aliphatic carbocycles. The van der Waals surface area contributed by atoms with E-state index in [1.807, 2.05) is 31.2 Å². The summed E-state index contributed by atoms with van der Waals surface area (Å²) < 4.78 is 30.9. The third-order valence-corrected chi connectivity index (χ3v) is 6.46. The van der Waals surface area contributed by atoms with Gasteiger partial charge in [-0.1, -0.05) is 25.1 Å². The van der Waals surface area contributed by atoms with Gasteiger partial charge in [0.2, 0.25) is 15.9 Å². The van der Waals surface area contributed by atoms with Crippen molar-refractivity contribution in [2.24, 2.45) is 0 Å². The number of nitrogens with zero attached hydrogens (tertiary/aromatic N) is 1. The van der Waals surface area contributed by atoms with Crippen molar-refractivity contribution in [1.29, 1.82) is 0 Å². The first-order valence-electron chi connectivity index (χ1n) is 9.42. The first-order valence-corrected chi connectivity index (χ1v) is 10.9. The van der Waals surface area contributed by atoms with E-state index >= 15 is 0 Å². The zero-order valence-electron chi connectivity index (χ0n) is 17.5. The fraction of sp³-hybridized carbons (Fsp3) is 0.381. The molecule has 8 heteroatoms. The predicted molar refractivity (Wildman–Crippen MR) is 115 cm³/mol. The van der Waals surface area contributed by atoms with Crippen LogP contribution in [-0.4, -0.2) is 45.9 Å². The highest BCUT2D eigenvalue weighted by Gasteiger charge is 2.20. The van der Waals surface area contributed by atoms with Gasteiger partial charge in [-0.15, -0.1) is 0 Å². The van der Waals surface area contributed by atoms with E-state index in [1.165, 1.54) is 26.2 Å². The number of carbonyl (C=O) groups is 1. The second-order valence-corrected chi connectivity index (χ2v) is 9.08. The number of methoxy groups -OCH3 is 1. The Labute approximate surface area is 173 Å². The Balaban J connectivity index is 2.08. The van der Waals surface area contributed by atoms with E-state index in [4.69, 9.17) is 4.74 Å². The summed E-state index contributed by atoms with van der Waals surface area (Å²) in [4.78, 5) is 12.8. The standard InChI is InChI=1S/C21H29N3O4S/c1-6-20(16-10-12-18(28-5)13-11-16)22-15(2)21(25)23-17-8-7-9-19(14-17)29(26,27)24(3)4/h7-15,20,22H,6H2,1-5H3,(H,23,25)/t15-,20-/m0/s1. The number of rotatable bonds is 9. The molecule has 0 saturated heterocycles. The van der Waals surface area contributed by atoms with Crippen LogP contribution in [0.25, 0.3) is 0 Å². The minimum absolute atomic E-state index is 0.00195. The van der Waals surface area contributed by atoms with Gasteiger partial charge in [0.1, 0.15) is 5.75 Å². The monoisotopic (exact) mass is 419 g/mol. The Hall–Kier alpha value is -2.42. The molecular weight excluding hydrogens is 390 g/mol. The summed E-state index contributed by atoms with van der Waals surface area (Å²) in [7, 11) is 0.995. The number of anilines is 1. The minimum Gasteiger partial charge on any atom is -0.497 e. The van der Waals surface area contributed by atoms with Gasteiger partial charge in [-0.05, 0) is 49.2 Å². The number of carbonyl (C=O) groups excluding carboxylic acids is 1. The summed E-state index contributed by atoms with van der Waals surface area (Å²) in [5, 5.41) is 6.11. The fourth-order valence-corrected chi connectivity index (χ4v) is 3.81. The molecule has 0 unspecified atom stereocenters. The molecule has 2 rings (SSSR count). The van der Waals surface area contributed by atoms with E-state index in [9.17, 15) is 13.2 Å². The normalized spacial score (nSPS) is 13.7. The second-order valence-electron chi connectivity index (χ2n) is 6.93. The number of ether oxygens (including phenoxy) is 1. The van der Waals surface area contributed by atoms with Gasteiger partial charge in [0, 0.05) is 25.8 Å². The van der Waals surface area contributed by atoms with Crippen LogP contribution >= 0.6 is 0 Å². The molecule has 0 spiro atoms. The molecule has 2 atom stereocenters. The number of benzene rings is 2. The number of hydrogen-bond acceptors (Lipinski definition) is 5. The highest BCUT2D eigenvalue weighted by atomic mass is 32.2. The highest BCUT2D eigenvalue weighted by Crippen LogP contribution is 2.21. The van der Waals surface area contributed by atoms with E-state index in [0.29, 0.717) is 5.69 Å². The molecule has 7 nitrogen and oxygen atoms in total. The number of hydrogen-bond donors (Lipinski definition) is 2. The lowest BCUT2D eigenvalue weighted by Gasteiger charge is -2.22. The zero-order valence-corrected chi connectivity index (χ0v) is 18.3. The van der Waals surface area contributed by atoms with Crippen molar-refractivity contribution in [2.45, 2.75) is 37.2 Å². The Kier molecular flexibility index (Phi) is 7.78. The molecule has 0 aliphatic heterocycles. The molecule has 2 aromatic rings. The molecule has 0 radical (unpaired) electrons. The molecule has 0 fully saturated rings. The van der Waals surface area contributed by atoms with Crippen molar-refractivity contribution in [3.05, 3.63) is 54.1 Å². The zero-order chi connectivity index (χ0) is 21.6. The Bertz CT molecular complexity index is 927. The molecule has 158 valence electrons. The van der Waals surface area contributed by atoms with Crippen LogP contribution in [0.5, 0.6) is 5.75 Å². The molecule has 2 N–H and O–H groups in total. The molecule has 0 saturated carbocycles. The average molecular weight is 420 g/mol. The molecule has 2 aromatic carbocycles. The Morgan fingerprint density at radius 3 is 2.34 bits per heavy atom. The topological polar surface area (TPSA) is 87.7 Å². The molecule has 1 amide bonds. The van der Waals surface area contributed by atoms with Gasteiger partial charge in [-0.25, -0.2) is 12.7 Å². The first kappa shape index (κ1) is 22.9. The van der Waals surface area contributed by atoms with Crippen LogP contribution in [0.1, 0.15) is 31.9 Å². The third-order valence-electron chi connectivity index (χ3n) is 4.65. The van der Waals surface area contributed by atoms with Crippen LogP contribution in [0, 0.1) is 0 Å². The number of amides is 1. The summed E-state index contributed by atoms with van der Waals surface area (Å²) >= 11 is 0. The van der Waals surface area contributed by atoms with E-state index in [2.05, 4.69) is 10.6 Å². The molecule has 0 aliphatic rings. The van der Waals surface area contributed by atoms with Gasteiger partial charge in [-0.3, -0.25) is 10.1 Å². The third kappa shape index (κ3) is 5.79. The quantitative estimate of drug-likeness (QED) is 0.652. The second kappa shape index (κ2) is 9.87. The minimum atomic E-state index is -3.56. The number of nitrogens with one attached hydrogen (secondary N) is 2. The Morgan fingerprint density at radius 1 is 1.14 bits per heavy atom. The van der Waals surface area contributed by atoms with Crippen LogP contribution in [0.3, 0.4) is 0 Å². The summed E-state index contributed by atoms with van der Waals surface area (Å²) in [6.45, 7) is 3.82. The maximum atomic E-state index is 12.6. The van der Waals surface area contributed by atoms with Gasteiger partial charge in [0.25, 0.3) is 0 Å². The van der Waals surface area contributed by atoms with Crippen molar-refractivity contribution in [1.82, 2.24) is 9.62 Å². The highest BCUT2D eigenvalue weighted by molar-refractivity contribution is 7.89. The van der Waals surface area contributed by atoms with Crippen molar-refractivity contribution in [2.75, 3.05) is 26.5 Å². The smallest absolute Gasteiger partial charge is 0.242 e. The summed E-state index contributed by atoms with van der Waals surface area (Å²) in [5.74, 6) is 0.540. The SMILES string of the molecule is CC[C@H](N[C@@H](C)C(=O)Nc1cccc(S(=O)(=O)N(C)C)c1)c1ccc(OC)cc1. The van der Waals surface area contributed by atoms with Gasteiger partial charge >= 0.3 is 0 Å². The van der Waals surface area contributed by atoms with Gasteiger partial charge in [0.05, 0.1) is 18.0 Å². The lowest BCUT2D eigenvalue weighted by molar-refractivity contribution is -0.118. The maximum Gasteiger partial charge on any atom is 0.242 e. The van der Waals surface area contributed by atoms with Crippen molar-refractivity contribution < 1.29 is 17.9 Å². The largest absolute Gasteiger partial charge is 0.497 e. The summed E-state index contributed by atoms with van der Waals surface area (Å²) in [5.41, 5.74) is 1.50. The summed E-state index contributed by atoms with van der Waals surface area (Å²) in [6.07, 6.45) is 0.806. The van der Waals surface area contributed by atoms with Crippen LogP contribution in [0.15, 0.2) is 53.4 Å². The average Bonchev–Trinajstić information content (AvgIpc) is 2.72. The molecule has 29 heavy (non-hydrogen) atoms. The van der Waals surface area contributed by atoms with Crippen molar-refractivity contribution in [3.63, 3.8) is 0 Å². The van der Waals surface area contributed by atoms with Gasteiger partial charge < -0.3 is 10.1 Å². The lowest BCUT2D eigenvalue weighted by Crippen LogP contribution is -2.40. The maximum absolute atomic E-state index is 12.6. The van der Waals surface area contributed by atoms with Gasteiger partial charge in [0.15, 0.2) is 0 Å². The van der Waals surface area contributed by atoms with Crippen LogP contribution in [0.4, 0.5) is 5.69 Å².